The van der Waals surface area contributed by atoms with Crippen LogP contribution >= 0.6 is 0 Å². The second kappa shape index (κ2) is 7.82. The van der Waals surface area contributed by atoms with Crippen molar-refractivity contribution >= 4 is 22.3 Å². The van der Waals surface area contributed by atoms with E-state index in [-0.39, 0.29) is 12.1 Å². The van der Waals surface area contributed by atoms with Crippen molar-refractivity contribution in [1.82, 2.24) is 24.4 Å². The molecule has 3 aromatic heterocycles. The van der Waals surface area contributed by atoms with Crippen molar-refractivity contribution in [2.75, 3.05) is 13.7 Å². The molecular weight excluding hydrogens is 466 g/mol. The highest BCUT2D eigenvalue weighted by Gasteiger charge is 2.48. The van der Waals surface area contributed by atoms with Gasteiger partial charge in [-0.05, 0) is 69.7 Å². The van der Waals surface area contributed by atoms with Gasteiger partial charge in [0.25, 0.3) is 5.91 Å². The van der Waals surface area contributed by atoms with E-state index in [0.717, 1.165) is 58.4 Å². The minimum Gasteiger partial charge on any atom is -0.494 e. The zero-order chi connectivity index (χ0) is 25.6. The van der Waals surface area contributed by atoms with Crippen molar-refractivity contribution in [2.24, 2.45) is 5.92 Å². The lowest BCUT2D eigenvalue weighted by molar-refractivity contribution is 0.0760. The first-order valence-corrected chi connectivity index (χ1v) is 13.2. The van der Waals surface area contributed by atoms with Gasteiger partial charge in [-0.2, -0.15) is 5.10 Å². The van der Waals surface area contributed by atoms with E-state index in [1.807, 2.05) is 41.6 Å². The van der Waals surface area contributed by atoms with Gasteiger partial charge in [0.15, 0.2) is 0 Å². The maximum atomic E-state index is 13.3. The normalized spacial score (nSPS) is 21.2. The molecule has 8 heteroatoms. The van der Waals surface area contributed by atoms with E-state index in [1.165, 1.54) is 12.8 Å². The molecule has 1 saturated carbocycles. The molecule has 37 heavy (non-hydrogen) atoms. The summed E-state index contributed by atoms with van der Waals surface area (Å²) in [6.45, 7) is 7.42. The number of benzene rings is 1. The van der Waals surface area contributed by atoms with E-state index in [0.29, 0.717) is 23.3 Å². The highest BCUT2D eigenvalue weighted by molar-refractivity contribution is 5.96. The zero-order valence-corrected chi connectivity index (χ0v) is 21.8. The predicted octanol–water partition coefficient (Wildman–Crippen LogP) is 4.05. The number of amides is 1. The zero-order valence-electron chi connectivity index (χ0n) is 21.8. The fourth-order valence-corrected chi connectivity index (χ4v) is 5.91. The minimum absolute atomic E-state index is 0.00870. The van der Waals surface area contributed by atoms with Crippen LogP contribution in [0.2, 0.25) is 0 Å². The van der Waals surface area contributed by atoms with Gasteiger partial charge in [-0.25, -0.2) is 4.52 Å². The number of aliphatic hydroxyl groups is 1. The van der Waals surface area contributed by atoms with Crippen molar-refractivity contribution in [3.63, 3.8) is 0 Å². The van der Waals surface area contributed by atoms with Crippen LogP contribution in [-0.4, -0.2) is 56.0 Å². The quantitative estimate of drug-likeness (QED) is 0.391. The average Bonchev–Trinajstić information content (AvgIpc) is 3.75. The van der Waals surface area contributed by atoms with Gasteiger partial charge in [-0.1, -0.05) is 12.1 Å². The number of pyridine rings is 1. The Morgan fingerprint density at radius 3 is 2.68 bits per heavy atom. The molecule has 1 amide bonds. The topological polar surface area (TPSA) is 93.9 Å². The van der Waals surface area contributed by atoms with Crippen molar-refractivity contribution in [2.45, 2.75) is 64.4 Å². The van der Waals surface area contributed by atoms with E-state index >= 15 is 0 Å². The highest BCUT2D eigenvalue weighted by Crippen LogP contribution is 2.39. The largest absolute Gasteiger partial charge is 0.494 e. The molecule has 4 aromatic rings. The molecule has 2 aliphatic heterocycles. The van der Waals surface area contributed by atoms with E-state index in [9.17, 15) is 9.90 Å². The Hall–Kier alpha value is -3.36. The number of ether oxygens (including phenoxy) is 1. The van der Waals surface area contributed by atoms with Crippen LogP contribution in [0.5, 0.6) is 5.75 Å². The number of nitrogens with one attached hydrogen (secondary N) is 1. The van der Waals surface area contributed by atoms with Crippen molar-refractivity contribution in [3.8, 4) is 17.1 Å². The average molecular weight is 500 g/mol. The molecule has 2 unspecified atom stereocenters. The van der Waals surface area contributed by atoms with Crippen molar-refractivity contribution < 1.29 is 14.6 Å². The Balaban J connectivity index is 1.38. The molecule has 8 nitrogen and oxygen atoms in total. The number of rotatable bonds is 6. The maximum Gasteiger partial charge on any atom is 0.256 e. The second-order valence-corrected chi connectivity index (χ2v) is 11.5. The lowest BCUT2D eigenvalue weighted by Gasteiger charge is -2.18. The Morgan fingerprint density at radius 2 is 2.03 bits per heavy atom. The van der Waals surface area contributed by atoms with E-state index in [4.69, 9.17) is 9.84 Å². The summed E-state index contributed by atoms with van der Waals surface area (Å²) in [6.07, 6.45) is 5.48. The molecule has 192 valence electrons. The van der Waals surface area contributed by atoms with Crippen LogP contribution in [-0.2, 0) is 12.1 Å². The molecule has 0 radical (unpaired) electrons. The molecule has 0 spiro atoms. The highest BCUT2D eigenvalue weighted by atomic mass is 16.5. The number of hydrogen-bond acceptors (Lipinski definition) is 5. The van der Waals surface area contributed by atoms with Crippen molar-refractivity contribution in [1.29, 1.82) is 0 Å². The smallest absolute Gasteiger partial charge is 0.256 e. The summed E-state index contributed by atoms with van der Waals surface area (Å²) >= 11 is 0. The van der Waals surface area contributed by atoms with Gasteiger partial charge in [0, 0.05) is 41.8 Å². The van der Waals surface area contributed by atoms with Gasteiger partial charge < -0.3 is 19.3 Å². The van der Waals surface area contributed by atoms with Crippen LogP contribution in [0.4, 0.5) is 0 Å². The summed E-state index contributed by atoms with van der Waals surface area (Å²) < 4.78 is 9.95. The Morgan fingerprint density at radius 1 is 1.22 bits per heavy atom. The van der Waals surface area contributed by atoms with Gasteiger partial charge in [-0.15, -0.1) is 0 Å². The minimum atomic E-state index is -0.913. The van der Waals surface area contributed by atoms with E-state index < -0.39 is 5.60 Å². The lowest BCUT2D eigenvalue weighted by Crippen LogP contribution is -2.33. The van der Waals surface area contributed by atoms with Gasteiger partial charge in [0.2, 0.25) is 0 Å². The van der Waals surface area contributed by atoms with Gasteiger partial charge in [0.1, 0.15) is 17.0 Å². The molecule has 0 bridgehead atoms. The predicted molar refractivity (Wildman–Crippen MR) is 142 cm³/mol. The van der Waals surface area contributed by atoms with Crippen LogP contribution in [0.1, 0.15) is 54.6 Å². The summed E-state index contributed by atoms with van der Waals surface area (Å²) in [5, 5.41) is 20.2. The Labute approximate surface area is 215 Å². The fraction of sp³-hybridized carbons (Fsp3) is 0.448. The molecule has 7 rings (SSSR count). The number of methoxy groups -OCH3 is 1. The number of carbonyl (C=O) groups excluding carboxylic acids is 1. The standard InChI is InChI=1S/C29H33N5O3/c1-16-25(23-11-18-7-8-20(29(2,3)36)13-22(18)33(23)14-17-5-6-17)31-34-15-19(12-24(37-4)26(16)34)28(35)32-10-9-21-27(32)30-21/h7-8,11-13,15,17,21,27,30,36H,5-6,9-10,14H2,1-4H3. The van der Waals surface area contributed by atoms with Crippen LogP contribution in [0, 0.1) is 12.8 Å². The summed E-state index contributed by atoms with van der Waals surface area (Å²) in [4.78, 5) is 15.2. The molecule has 5 heterocycles. The van der Waals surface area contributed by atoms with Crippen molar-refractivity contribution in [3.05, 3.63) is 53.2 Å². The van der Waals surface area contributed by atoms with Gasteiger partial charge in [0.05, 0.1) is 30.1 Å². The van der Waals surface area contributed by atoms with Gasteiger partial charge in [-0.3, -0.25) is 10.1 Å². The van der Waals surface area contributed by atoms with E-state index in [1.54, 1.807) is 7.11 Å². The summed E-state index contributed by atoms with van der Waals surface area (Å²) in [6, 6.07) is 10.7. The number of aromatic nitrogens is 3. The summed E-state index contributed by atoms with van der Waals surface area (Å²) in [5.41, 5.74) is 5.51. The summed E-state index contributed by atoms with van der Waals surface area (Å²) in [7, 11) is 1.65. The second-order valence-electron chi connectivity index (χ2n) is 11.5. The maximum absolute atomic E-state index is 13.3. The van der Waals surface area contributed by atoms with Crippen LogP contribution in [0.15, 0.2) is 36.5 Å². The molecule has 3 fully saturated rings. The Kier molecular flexibility index (Phi) is 4.82. The first-order chi connectivity index (χ1) is 17.7. The lowest BCUT2D eigenvalue weighted by atomic mass is 9.97. The monoisotopic (exact) mass is 499 g/mol. The first kappa shape index (κ1) is 22.8. The van der Waals surface area contributed by atoms with Gasteiger partial charge >= 0.3 is 0 Å². The third-order valence-electron chi connectivity index (χ3n) is 8.32. The molecule has 3 aliphatic rings. The molecule has 2 N–H and O–H groups in total. The molecular formula is C29H33N5O3. The first-order valence-electron chi connectivity index (χ1n) is 13.2. The molecule has 2 atom stereocenters. The van der Waals surface area contributed by atoms with Crippen LogP contribution in [0.25, 0.3) is 27.8 Å². The number of carbonyl (C=O) groups is 1. The Bertz CT molecular complexity index is 1570. The summed E-state index contributed by atoms with van der Waals surface area (Å²) in [5.74, 6) is 1.32. The molecule has 1 aliphatic carbocycles. The fourth-order valence-electron chi connectivity index (χ4n) is 5.91. The number of nitrogens with zero attached hydrogens (tertiary/aromatic N) is 4. The number of hydrogen-bond donors (Lipinski definition) is 2. The number of aryl methyl sites for hydroxylation is 1. The third-order valence-corrected chi connectivity index (χ3v) is 8.32. The number of fused-ring (bicyclic) bond motifs is 3. The van der Waals surface area contributed by atoms with Crippen LogP contribution < -0.4 is 10.1 Å². The number of likely N-dealkylation sites (tertiary alicyclic amines) is 1. The van der Waals surface area contributed by atoms with E-state index in [2.05, 4.69) is 35.0 Å². The van der Waals surface area contributed by atoms with Crippen LogP contribution in [0.3, 0.4) is 0 Å². The SMILES string of the molecule is COc1cc(C(=O)N2CCC3NC32)cn2nc(-c3cc4ccc(C(C)(C)O)cc4n3CC3CC3)c(C)c12. The molecule has 2 saturated heterocycles. The molecule has 1 aromatic carbocycles. The third kappa shape index (κ3) is 3.65.